The SMILES string of the molecule is COc1ccc2cc(C)nc(CN)c2c1. The Morgan fingerprint density at radius 3 is 2.80 bits per heavy atom. The number of benzene rings is 1. The predicted molar refractivity (Wildman–Crippen MR) is 60.9 cm³/mol. The van der Waals surface area contributed by atoms with E-state index in [0.29, 0.717) is 6.54 Å². The molecule has 0 fully saturated rings. The molecule has 1 heterocycles. The normalized spacial score (nSPS) is 10.6. The van der Waals surface area contributed by atoms with Gasteiger partial charge in [-0.1, -0.05) is 6.07 Å². The molecule has 0 aliphatic rings. The van der Waals surface area contributed by atoms with E-state index in [0.717, 1.165) is 27.9 Å². The highest BCUT2D eigenvalue weighted by Crippen LogP contribution is 2.23. The van der Waals surface area contributed by atoms with Gasteiger partial charge in [0.05, 0.1) is 12.8 Å². The highest BCUT2D eigenvalue weighted by atomic mass is 16.5. The van der Waals surface area contributed by atoms with Gasteiger partial charge < -0.3 is 10.5 Å². The van der Waals surface area contributed by atoms with Crippen LogP contribution in [0.1, 0.15) is 11.4 Å². The van der Waals surface area contributed by atoms with Crippen molar-refractivity contribution in [3.63, 3.8) is 0 Å². The summed E-state index contributed by atoms with van der Waals surface area (Å²) in [5, 5.41) is 2.23. The maximum absolute atomic E-state index is 5.67. The van der Waals surface area contributed by atoms with Crippen molar-refractivity contribution in [3.8, 4) is 5.75 Å². The molecule has 0 radical (unpaired) electrons. The van der Waals surface area contributed by atoms with Crippen LogP contribution in [0.4, 0.5) is 0 Å². The van der Waals surface area contributed by atoms with E-state index in [1.165, 1.54) is 0 Å². The van der Waals surface area contributed by atoms with Gasteiger partial charge in [0.1, 0.15) is 5.75 Å². The Morgan fingerprint density at radius 2 is 2.13 bits per heavy atom. The molecule has 78 valence electrons. The van der Waals surface area contributed by atoms with Gasteiger partial charge in [0.25, 0.3) is 0 Å². The number of aryl methyl sites for hydroxylation is 1. The molecule has 1 aromatic heterocycles. The van der Waals surface area contributed by atoms with Crippen LogP contribution in [0.2, 0.25) is 0 Å². The molecule has 0 aliphatic heterocycles. The molecule has 0 amide bonds. The maximum atomic E-state index is 5.67. The van der Waals surface area contributed by atoms with E-state index in [9.17, 15) is 0 Å². The molecule has 3 heteroatoms. The number of fused-ring (bicyclic) bond motifs is 1. The van der Waals surface area contributed by atoms with Gasteiger partial charge in [0, 0.05) is 17.6 Å². The number of hydrogen-bond acceptors (Lipinski definition) is 3. The van der Waals surface area contributed by atoms with Crippen molar-refractivity contribution in [1.29, 1.82) is 0 Å². The van der Waals surface area contributed by atoms with Crippen molar-refractivity contribution in [2.45, 2.75) is 13.5 Å². The van der Waals surface area contributed by atoms with Crippen LogP contribution in [-0.4, -0.2) is 12.1 Å². The van der Waals surface area contributed by atoms with Crippen molar-refractivity contribution in [3.05, 3.63) is 35.7 Å². The van der Waals surface area contributed by atoms with Gasteiger partial charge in [0.2, 0.25) is 0 Å². The molecule has 0 aliphatic carbocycles. The second-order valence-corrected chi connectivity index (χ2v) is 3.50. The van der Waals surface area contributed by atoms with Crippen molar-refractivity contribution < 1.29 is 4.74 Å². The lowest BCUT2D eigenvalue weighted by molar-refractivity contribution is 0.415. The van der Waals surface area contributed by atoms with Gasteiger partial charge in [-0.3, -0.25) is 4.98 Å². The van der Waals surface area contributed by atoms with E-state index in [1.54, 1.807) is 7.11 Å². The van der Waals surface area contributed by atoms with E-state index in [2.05, 4.69) is 4.98 Å². The first-order valence-corrected chi connectivity index (χ1v) is 4.89. The Labute approximate surface area is 88.9 Å². The Hall–Kier alpha value is -1.61. The molecule has 0 atom stereocenters. The molecule has 0 spiro atoms. The summed E-state index contributed by atoms with van der Waals surface area (Å²) in [6, 6.07) is 8.00. The number of ether oxygens (including phenoxy) is 1. The molecule has 0 saturated carbocycles. The second-order valence-electron chi connectivity index (χ2n) is 3.50. The van der Waals surface area contributed by atoms with Crippen molar-refractivity contribution in [2.24, 2.45) is 5.73 Å². The van der Waals surface area contributed by atoms with Gasteiger partial charge >= 0.3 is 0 Å². The number of nitrogens with zero attached hydrogens (tertiary/aromatic N) is 1. The van der Waals surface area contributed by atoms with E-state index in [1.807, 2.05) is 31.2 Å². The summed E-state index contributed by atoms with van der Waals surface area (Å²) in [5.41, 5.74) is 7.59. The molecule has 3 nitrogen and oxygen atoms in total. The summed E-state index contributed by atoms with van der Waals surface area (Å²) in [4.78, 5) is 4.41. The first-order chi connectivity index (χ1) is 7.24. The summed E-state index contributed by atoms with van der Waals surface area (Å²) in [7, 11) is 1.66. The van der Waals surface area contributed by atoms with Gasteiger partial charge in [-0.25, -0.2) is 0 Å². The Bertz CT molecular complexity index is 494. The third-order valence-electron chi connectivity index (χ3n) is 2.44. The minimum absolute atomic E-state index is 0.450. The first-order valence-electron chi connectivity index (χ1n) is 4.89. The lowest BCUT2D eigenvalue weighted by Gasteiger charge is -2.07. The summed E-state index contributed by atoms with van der Waals surface area (Å²) in [6.07, 6.45) is 0. The minimum Gasteiger partial charge on any atom is -0.497 e. The molecule has 2 N–H and O–H groups in total. The highest BCUT2D eigenvalue weighted by molar-refractivity contribution is 5.86. The lowest BCUT2D eigenvalue weighted by Crippen LogP contribution is -2.02. The number of hydrogen-bond donors (Lipinski definition) is 1. The fourth-order valence-corrected chi connectivity index (χ4v) is 1.72. The molecule has 1 aromatic carbocycles. The standard InChI is InChI=1S/C12H14N2O/c1-8-5-9-3-4-10(15-2)6-11(9)12(7-13)14-8/h3-6H,7,13H2,1-2H3. The molecular weight excluding hydrogens is 188 g/mol. The average Bonchev–Trinajstić information content (AvgIpc) is 2.27. The zero-order chi connectivity index (χ0) is 10.8. The lowest BCUT2D eigenvalue weighted by atomic mass is 10.1. The third-order valence-corrected chi connectivity index (χ3v) is 2.44. The van der Waals surface area contributed by atoms with Crippen LogP contribution in [0, 0.1) is 6.92 Å². The predicted octanol–water partition coefficient (Wildman–Crippen LogP) is 2.01. The highest BCUT2D eigenvalue weighted by Gasteiger charge is 2.04. The number of nitrogens with two attached hydrogens (primary N) is 1. The molecule has 2 rings (SSSR count). The van der Waals surface area contributed by atoms with Crippen LogP contribution in [0.15, 0.2) is 24.3 Å². The Morgan fingerprint density at radius 1 is 1.33 bits per heavy atom. The quantitative estimate of drug-likeness (QED) is 0.810. The second kappa shape index (κ2) is 3.87. The molecular formula is C12H14N2O. The van der Waals surface area contributed by atoms with Crippen LogP contribution in [0.5, 0.6) is 5.75 Å². The van der Waals surface area contributed by atoms with Crippen LogP contribution < -0.4 is 10.5 Å². The van der Waals surface area contributed by atoms with Crippen LogP contribution in [0.25, 0.3) is 10.8 Å². The Kier molecular flexibility index (Phi) is 2.56. The third kappa shape index (κ3) is 1.78. The number of rotatable bonds is 2. The van der Waals surface area contributed by atoms with Gasteiger partial charge in [0.15, 0.2) is 0 Å². The molecule has 0 saturated heterocycles. The van der Waals surface area contributed by atoms with E-state index < -0.39 is 0 Å². The van der Waals surface area contributed by atoms with Gasteiger partial charge in [-0.2, -0.15) is 0 Å². The average molecular weight is 202 g/mol. The fraction of sp³-hybridized carbons (Fsp3) is 0.250. The minimum atomic E-state index is 0.450. The number of pyridine rings is 1. The Balaban J connectivity index is 2.73. The maximum Gasteiger partial charge on any atom is 0.119 e. The number of aromatic nitrogens is 1. The van der Waals surface area contributed by atoms with Crippen molar-refractivity contribution in [2.75, 3.05) is 7.11 Å². The fourth-order valence-electron chi connectivity index (χ4n) is 1.72. The zero-order valence-electron chi connectivity index (χ0n) is 8.95. The summed E-state index contributed by atoms with van der Waals surface area (Å²) >= 11 is 0. The van der Waals surface area contributed by atoms with E-state index in [-0.39, 0.29) is 0 Å². The van der Waals surface area contributed by atoms with Crippen molar-refractivity contribution >= 4 is 10.8 Å². The van der Waals surface area contributed by atoms with Crippen LogP contribution in [-0.2, 0) is 6.54 Å². The zero-order valence-corrected chi connectivity index (χ0v) is 8.95. The van der Waals surface area contributed by atoms with Crippen molar-refractivity contribution in [1.82, 2.24) is 4.98 Å². The van der Waals surface area contributed by atoms with Gasteiger partial charge in [-0.15, -0.1) is 0 Å². The molecule has 15 heavy (non-hydrogen) atoms. The monoisotopic (exact) mass is 202 g/mol. The van der Waals surface area contributed by atoms with Gasteiger partial charge in [-0.05, 0) is 30.5 Å². The summed E-state index contributed by atoms with van der Waals surface area (Å²) in [5.74, 6) is 0.836. The topological polar surface area (TPSA) is 48.1 Å². The molecule has 2 aromatic rings. The number of methoxy groups -OCH3 is 1. The molecule has 0 unspecified atom stereocenters. The largest absolute Gasteiger partial charge is 0.497 e. The molecule has 0 bridgehead atoms. The smallest absolute Gasteiger partial charge is 0.119 e. The summed E-state index contributed by atoms with van der Waals surface area (Å²) in [6.45, 7) is 2.42. The van der Waals surface area contributed by atoms with Crippen LogP contribution >= 0.6 is 0 Å². The van der Waals surface area contributed by atoms with E-state index in [4.69, 9.17) is 10.5 Å². The van der Waals surface area contributed by atoms with Crippen LogP contribution in [0.3, 0.4) is 0 Å². The van der Waals surface area contributed by atoms with E-state index >= 15 is 0 Å². The first kappa shape index (κ1) is 9.93. The summed E-state index contributed by atoms with van der Waals surface area (Å²) < 4.78 is 5.18.